The summed E-state index contributed by atoms with van der Waals surface area (Å²) in [6.45, 7) is 15.3. The van der Waals surface area contributed by atoms with E-state index in [0.717, 1.165) is 0 Å². The fraction of sp³-hybridized carbons (Fsp3) is 0.909. The first-order valence-electron chi connectivity index (χ1n) is 5.28. The molecule has 13 heavy (non-hydrogen) atoms. The SMILES string of the molecule is C[C](=O)[Sn]([CH](C)C)([CH](C)C)[CH](C)C. The van der Waals surface area contributed by atoms with E-state index in [1.165, 1.54) is 0 Å². The van der Waals surface area contributed by atoms with Gasteiger partial charge in [-0.15, -0.1) is 0 Å². The van der Waals surface area contributed by atoms with E-state index < -0.39 is 18.4 Å². The summed E-state index contributed by atoms with van der Waals surface area (Å²) in [7, 11) is 0. The van der Waals surface area contributed by atoms with E-state index in [0.29, 0.717) is 15.6 Å². The summed E-state index contributed by atoms with van der Waals surface area (Å²) in [5, 5.41) is 0. The maximum atomic E-state index is 11.9. The van der Waals surface area contributed by atoms with E-state index in [4.69, 9.17) is 0 Å². The Labute approximate surface area is 87.2 Å². The van der Waals surface area contributed by atoms with E-state index in [1.54, 1.807) is 0 Å². The summed E-state index contributed by atoms with van der Waals surface area (Å²) >= 11 is -2.57. The van der Waals surface area contributed by atoms with Crippen LogP contribution in [0.5, 0.6) is 0 Å². The second kappa shape index (κ2) is 4.81. The van der Waals surface area contributed by atoms with E-state index in [-0.39, 0.29) is 0 Å². The van der Waals surface area contributed by atoms with Gasteiger partial charge < -0.3 is 0 Å². The predicted octanol–water partition coefficient (Wildman–Crippen LogP) is 3.79. The molecule has 0 saturated carbocycles. The van der Waals surface area contributed by atoms with Crippen LogP contribution in [0, 0.1) is 0 Å². The van der Waals surface area contributed by atoms with Crippen molar-refractivity contribution in [3.63, 3.8) is 0 Å². The Morgan fingerprint density at radius 1 is 0.846 bits per heavy atom. The van der Waals surface area contributed by atoms with Crippen molar-refractivity contribution in [1.82, 2.24) is 0 Å². The first-order valence-corrected chi connectivity index (χ1v) is 11.7. The van der Waals surface area contributed by atoms with E-state index in [1.807, 2.05) is 6.92 Å². The zero-order valence-corrected chi connectivity index (χ0v) is 13.0. The standard InChI is InChI=1S/3C3H7.C2H3O.Sn/c3*1-3-2;1-2-3;/h3*3H,1-2H3;1H3;. The van der Waals surface area contributed by atoms with Crippen LogP contribution >= 0.6 is 0 Å². The molecular weight excluding hydrogens is 267 g/mol. The first-order chi connectivity index (χ1) is 5.77. The molecule has 0 aliphatic rings. The van der Waals surface area contributed by atoms with E-state index >= 15 is 0 Å². The Hall–Kier alpha value is 0.469. The molecule has 0 unspecified atom stereocenters. The topological polar surface area (TPSA) is 17.1 Å². The van der Waals surface area contributed by atoms with Crippen molar-refractivity contribution in [3.05, 3.63) is 0 Å². The fourth-order valence-electron chi connectivity index (χ4n) is 3.22. The molecule has 0 aliphatic carbocycles. The Kier molecular flexibility index (Phi) is 4.98. The summed E-state index contributed by atoms with van der Waals surface area (Å²) in [4.78, 5) is 11.9. The monoisotopic (exact) mass is 292 g/mol. The van der Waals surface area contributed by atoms with Gasteiger partial charge in [-0.1, -0.05) is 0 Å². The second-order valence-electron chi connectivity index (χ2n) is 4.95. The Bertz CT molecular complexity index is 161. The molecule has 0 spiro atoms. The van der Waals surface area contributed by atoms with E-state index in [2.05, 4.69) is 41.5 Å². The molecule has 0 saturated heterocycles. The molecule has 1 nitrogen and oxygen atoms in total. The van der Waals surface area contributed by atoms with Crippen LogP contribution in [0.15, 0.2) is 0 Å². The molecular formula is C11H24OSn. The number of rotatable bonds is 4. The molecule has 0 radical (unpaired) electrons. The molecule has 0 bridgehead atoms. The molecule has 78 valence electrons. The zero-order chi connectivity index (χ0) is 10.8. The molecule has 0 heterocycles. The molecule has 0 fully saturated rings. The predicted molar refractivity (Wildman–Crippen MR) is 61.7 cm³/mol. The molecule has 0 amide bonds. The van der Waals surface area contributed by atoms with Gasteiger partial charge in [-0.2, -0.15) is 0 Å². The van der Waals surface area contributed by atoms with Gasteiger partial charge in [0, 0.05) is 0 Å². The van der Waals surface area contributed by atoms with Crippen LogP contribution in [0.4, 0.5) is 0 Å². The minimum atomic E-state index is -2.57. The Morgan fingerprint density at radius 2 is 1.08 bits per heavy atom. The molecule has 2 heteroatoms. The number of hydrogen-bond donors (Lipinski definition) is 0. The average Bonchev–Trinajstić information content (AvgIpc) is 1.82. The number of hydrogen-bond acceptors (Lipinski definition) is 1. The number of carbonyl (C=O) groups excluding carboxylic acids is 1. The summed E-state index contributed by atoms with van der Waals surface area (Å²) in [5.41, 5.74) is 0. The average molecular weight is 291 g/mol. The minimum absolute atomic E-state index is 0.550. The number of carbonyl (C=O) groups is 1. The normalized spacial score (nSPS) is 13.1. The van der Waals surface area contributed by atoms with Crippen molar-refractivity contribution < 1.29 is 4.79 Å². The van der Waals surface area contributed by atoms with Gasteiger partial charge >= 0.3 is 87.2 Å². The molecule has 0 aromatic carbocycles. The van der Waals surface area contributed by atoms with Gasteiger partial charge in [0.1, 0.15) is 0 Å². The van der Waals surface area contributed by atoms with Gasteiger partial charge in [0.25, 0.3) is 0 Å². The van der Waals surface area contributed by atoms with Crippen molar-refractivity contribution in [1.29, 1.82) is 0 Å². The zero-order valence-electron chi connectivity index (χ0n) is 10.1. The first kappa shape index (κ1) is 13.5. The molecule has 0 N–H and O–H groups in total. The Morgan fingerprint density at radius 3 is 1.08 bits per heavy atom. The van der Waals surface area contributed by atoms with E-state index in [9.17, 15) is 4.79 Å². The third kappa shape index (κ3) is 2.28. The van der Waals surface area contributed by atoms with Crippen LogP contribution in [-0.4, -0.2) is 22.2 Å². The molecule has 0 rings (SSSR count). The van der Waals surface area contributed by atoms with Crippen molar-refractivity contribution in [3.8, 4) is 0 Å². The van der Waals surface area contributed by atoms with Crippen LogP contribution in [0.1, 0.15) is 48.5 Å². The molecule has 0 aromatic heterocycles. The van der Waals surface area contributed by atoms with Crippen LogP contribution in [-0.2, 0) is 4.79 Å². The summed E-state index contributed by atoms with van der Waals surface area (Å²) in [6.07, 6.45) is 0. The third-order valence-electron chi connectivity index (χ3n) is 3.48. The fourth-order valence-corrected chi connectivity index (χ4v) is 21.6. The van der Waals surface area contributed by atoms with Crippen molar-refractivity contribution in [2.75, 3.05) is 0 Å². The van der Waals surface area contributed by atoms with Crippen molar-refractivity contribution in [2.45, 2.75) is 60.3 Å². The van der Waals surface area contributed by atoms with Crippen LogP contribution in [0.25, 0.3) is 0 Å². The molecule has 0 aromatic rings. The van der Waals surface area contributed by atoms with Gasteiger partial charge in [-0.05, 0) is 0 Å². The van der Waals surface area contributed by atoms with Gasteiger partial charge in [-0.3, -0.25) is 0 Å². The van der Waals surface area contributed by atoms with Gasteiger partial charge in [0.15, 0.2) is 0 Å². The summed E-state index contributed by atoms with van der Waals surface area (Å²) < 4.78 is 2.44. The molecule has 0 aliphatic heterocycles. The van der Waals surface area contributed by atoms with Crippen molar-refractivity contribution >= 4 is 22.2 Å². The molecule has 0 atom stereocenters. The maximum absolute atomic E-state index is 11.9. The van der Waals surface area contributed by atoms with Crippen molar-refractivity contribution in [2.24, 2.45) is 0 Å². The third-order valence-corrected chi connectivity index (χ3v) is 23.3. The Balaban J connectivity index is 5.19. The summed E-state index contributed by atoms with van der Waals surface area (Å²) in [6, 6.07) is 0. The quantitative estimate of drug-likeness (QED) is 0.720. The van der Waals surface area contributed by atoms with Gasteiger partial charge in [0.05, 0.1) is 0 Å². The van der Waals surface area contributed by atoms with Gasteiger partial charge in [-0.25, -0.2) is 0 Å². The van der Waals surface area contributed by atoms with Crippen LogP contribution < -0.4 is 0 Å². The van der Waals surface area contributed by atoms with Gasteiger partial charge in [0.2, 0.25) is 0 Å². The summed E-state index contributed by atoms with van der Waals surface area (Å²) in [5.74, 6) is 0. The second-order valence-corrected chi connectivity index (χ2v) is 22.2. The van der Waals surface area contributed by atoms with Crippen LogP contribution in [0.3, 0.4) is 0 Å². The van der Waals surface area contributed by atoms with Crippen LogP contribution in [0.2, 0.25) is 11.8 Å².